The van der Waals surface area contributed by atoms with E-state index < -0.39 is 0 Å². The Kier molecular flexibility index (Phi) is 5.16. The van der Waals surface area contributed by atoms with Crippen LogP contribution in [-0.4, -0.2) is 19.5 Å². The number of fused-ring (bicyclic) bond motifs is 10. The lowest BCUT2D eigenvalue weighted by Gasteiger charge is -2.13. The first-order chi connectivity index (χ1) is 21.3. The van der Waals surface area contributed by atoms with Crippen LogP contribution in [0.4, 0.5) is 0 Å². The Morgan fingerprint density at radius 1 is 0.349 bits per heavy atom. The van der Waals surface area contributed by atoms with Crippen LogP contribution in [0.25, 0.3) is 82.8 Å². The maximum Gasteiger partial charge on any atom is 0.238 e. The number of rotatable bonds is 3. The van der Waals surface area contributed by atoms with Crippen molar-refractivity contribution in [1.29, 1.82) is 0 Å². The summed E-state index contributed by atoms with van der Waals surface area (Å²) in [5.41, 5.74) is 4.09. The Morgan fingerprint density at radius 2 is 0.860 bits per heavy atom. The molecule has 0 N–H and O–H groups in total. The van der Waals surface area contributed by atoms with Gasteiger partial charge in [0.15, 0.2) is 11.6 Å². The van der Waals surface area contributed by atoms with Gasteiger partial charge in [-0.25, -0.2) is 4.98 Å². The Bertz CT molecular complexity index is 2440. The van der Waals surface area contributed by atoms with Crippen LogP contribution in [0.1, 0.15) is 0 Å². The summed E-state index contributed by atoms with van der Waals surface area (Å²) in [5.74, 6) is 1.89. The molecule has 7 aromatic carbocycles. The Balaban J connectivity index is 1.53. The van der Waals surface area contributed by atoms with Crippen LogP contribution in [0.15, 0.2) is 146 Å². The largest absolute Gasteiger partial charge is 0.277 e. The van der Waals surface area contributed by atoms with Crippen molar-refractivity contribution in [1.82, 2.24) is 19.5 Å². The maximum atomic E-state index is 5.21. The molecule has 2 aromatic heterocycles. The van der Waals surface area contributed by atoms with Gasteiger partial charge in [-0.3, -0.25) is 4.57 Å². The number of hydrogen-bond acceptors (Lipinski definition) is 3. The Hall–Kier alpha value is -5.87. The minimum Gasteiger partial charge on any atom is -0.277 e. The molecule has 0 atom stereocenters. The van der Waals surface area contributed by atoms with E-state index in [1.807, 2.05) is 36.4 Å². The quantitative estimate of drug-likeness (QED) is 0.206. The van der Waals surface area contributed by atoms with Crippen LogP contribution in [0, 0.1) is 0 Å². The summed E-state index contributed by atoms with van der Waals surface area (Å²) >= 11 is 0. The molecule has 0 amide bonds. The van der Waals surface area contributed by atoms with Gasteiger partial charge in [-0.1, -0.05) is 146 Å². The zero-order valence-electron chi connectivity index (χ0n) is 23.1. The summed E-state index contributed by atoms with van der Waals surface area (Å²) in [4.78, 5) is 15.4. The molecule has 0 radical (unpaired) electrons. The van der Waals surface area contributed by atoms with Crippen LogP contribution in [0.3, 0.4) is 0 Å². The van der Waals surface area contributed by atoms with E-state index in [-0.39, 0.29) is 0 Å². The van der Waals surface area contributed by atoms with Gasteiger partial charge < -0.3 is 0 Å². The molecule has 0 aliphatic carbocycles. The highest BCUT2D eigenvalue weighted by atomic mass is 15.2. The standard InChI is InChI=1S/C39H24N4/c1-3-14-26(15-4-1)37-40-38(27-16-5-2-6-17-27)42-39(41-37)43-35-28-18-8-7-13-25(28)23-24-33(35)34-31-21-11-9-19-29(31)30-20-10-12-22-32(30)36(34)43/h1-24H. The van der Waals surface area contributed by atoms with E-state index in [0.717, 1.165) is 27.5 Å². The van der Waals surface area contributed by atoms with E-state index in [1.54, 1.807) is 0 Å². The maximum absolute atomic E-state index is 5.21. The van der Waals surface area contributed by atoms with Crippen LogP contribution in [-0.2, 0) is 0 Å². The van der Waals surface area contributed by atoms with Crippen molar-refractivity contribution in [2.24, 2.45) is 0 Å². The zero-order chi connectivity index (χ0) is 28.3. The highest BCUT2D eigenvalue weighted by Gasteiger charge is 2.23. The molecule has 0 fully saturated rings. The third-order valence-electron chi connectivity index (χ3n) is 8.41. The third-order valence-corrected chi connectivity index (χ3v) is 8.41. The molecule has 9 aromatic rings. The topological polar surface area (TPSA) is 43.6 Å². The second-order valence-corrected chi connectivity index (χ2v) is 10.8. The predicted octanol–water partition coefficient (Wildman–Crippen LogP) is 9.76. The third kappa shape index (κ3) is 3.60. The van der Waals surface area contributed by atoms with Crippen molar-refractivity contribution >= 4 is 54.1 Å². The first-order valence-electron chi connectivity index (χ1n) is 14.5. The first kappa shape index (κ1) is 23.8. The van der Waals surface area contributed by atoms with E-state index in [1.165, 1.54) is 37.7 Å². The fraction of sp³-hybridized carbons (Fsp3) is 0. The highest BCUT2D eigenvalue weighted by molar-refractivity contribution is 6.34. The molecule has 0 spiro atoms. The second kappa shape index (κ2) is 9.33. The van der Waals surface area contributed by atoms with E-state index in [4.69, 9.17) is 15.0 Å². The molecule has 2 heterocycles. The van der Waals surface area contributed by atoms with Crippen molar-refractivity contribution < 1.29 is 0 Å². The SMILES string of the molecule is c1ccc(-c2nc(-c3ccccc3)nc(-n3c4c5ccccc5ccc4c4c5ccccc5c5ccccc5c43)n2)cc1. The van der Waals surface area contributed by atoms with Gasteiger partial charge in [0.05, 0.1) is 11.0 Å². The van der Waals surface area contributed by atoms with E-state index in [2.05, 4.69) is 114 Å². The summed E-state index contributed by atoms with van der Waals surface area (Å²) < 4.78 is 2.28. The Labute approximate surface area is 247 Å². The number of aromatic nitrogens is 4. The normalized spacial score (nSPS) is 11.7. The van der Waals surface area contributed by atoms with Gasteiger partial charge in [0.25, 0.3) is 0 Å². The molecule has 0 saturated carbocycles. The molecule has 4 heteroatoms. The minimum absolute atomic E-state index is 0.601. The van der Waals surface area contributed by atoms with E-state index in [9.17, 15) is 0 Å². The van der Waals surface area contributed by atoms with Gasteiger partial charge in [-0.2, -0.15) is 9.97 Å². The first-order valence-corrected chi connectivity index (χ1v) is 14.5. The average Bonchev–Trinajstić information content (AvgIpc) is 3.45. The molecular weight excluding hydrogens is 524 g/mol. The highest BCUT2D eigenvalue weighted by Crippen LogP contribution is 2.44. The van der Waals surface area contributed by atoms with E-state index in [0.29, 0.717) is 17.6 Å². The van der Waals surface area contributed by atoms with Crippen molar-refractivity contribution in [3.05, 3.63) is 146 Å². The Morgan fingerprint density at radius 3 is 1.51 bits per heavy atom. The molecule has 9 rings (SSSR count). The van der Waals surface area contributed by atoms with Crippen LogP contribution >= 0.6 is 0 Å². The lowest BCUT2D eigenvalue weighted by atomic mass is 9.96. The zero-order valence-corrected chi connectivity index (χ0v) is 23.1. The second-order valence-electron chi connectivity index (χ2n) is 10.8. The monoisotopic (exact) mass is 548 g/mol. The molecule has 200 valence electrons. The van der Waals surface area contributed by atoms with Crippen LogP contribution < -0.4 is 0 Å². The van der Waals surface area contributed by atoms with E-state index >= 15 is 0 Å². The molecule has 0 saturated heterocycles. The molecule has 0 aliphatic heterocycles. The summed E-state index contributed by atoms with van der Waals surface area (Å²) in [6.07, 6.45) is 0. The van der Waals surface area contributed by atoms with Gasteiger partial charge in [0, 0.05) is 32.7 Å². The smallest absolute Gasteiger partial charge is 0.238 e. The van der Waals surface area contributed by atoms with Gasteiger partial charge in [0.1, 0.15) is 0 Å². The van der Waals surface area contributed by atoms with Crippen molar-refractivity contribution in [2.45, 2.75) is 0 Å². The van der Waals surface area contributed by atoms with Gasteiger partial charge in [0.2, 0.25) is 5.95 Å². The summed E-state index contributed by atoms with van der Waals surface area (Å²) in [7, 11) is 0. The lowest BCUT2D eigenvalue weighted by Crippen LogP contribution is -2.07. The fourth-order valence-electron chi connectivity index (χ4n) is 6.53. The van der Waals surface area contributed by atoms with Crippen LogP contribution in [0.2, 0.25) is 0 Å². The molecular formula is C39H24N4. The number of benzene rings is 7. The molecule has 0 bridgehead atoms. The number of hydrogen-bond donors (Lipinski definition) is 0. The van der Waals surface area contributed by atoms with Crippen molar-refractivity contribution in [2.75, 3.05) is 0 Å². The van der Waals surface area contributed by atoms with Gasteiger partial charge in [-0.15, -0.1) is 0 Å². The molecule has 0 unspecified atom stereocenters. The molecule has 43 heavy (non-hydrogen) atoms. The van der Waals surface area contributed by atoms with Gasteiger partial charge >= 0.3 is 0 Å². The minimum atomic E-state index is 0.601. The predicted molar refractivity (Wildman–Crippen MR) is 178 cm³/mol. The fourth-order valence-corrected chi connectivity index (χ4v) is 6.53. The van der Waals surface area contributed by atoms with Gasteiger partial charge in [-0.05, 0) is 21.5 Å². The summed E-state index contributed by atoms with van der Waals surface area (Å²) in [6.45, 7) is 0. The van der Waals surface area contributed by atoms with Crippen molar-refractivity contribution in [3.63, 3.8) is 0 Å². The number of nitrogens with zero attached hydrogens (tertiary/aromatic N) is 4. The van der Waals surface area contributed by atoms with Crippen molar-refractivity contribution in [3.8, 4) is 28.7 Å². The summed E-state index contributed by atoms with van der Waals surface area (Å²) in [6, 6.07) is 50.8. The molecule has 0 aliphatic rings. The molecule has 4 nitrogen and oxygen atoms in total. The average molecular weight is 549 g/mol. The summed E-state index contributed by atoms with van der Waals surface area (Å²) in [5, 5.41) is 9.55. The van der Waals surface area contributed by atoms with Crippen LogP contribution in [0.5, 0.6) is 0 Å². The lowest BCUT2D eigenvalue weighted by molar-refractivity contribution is 0.957.